The number of anilines is 3. The van der Waals surface area contributed by atoms with Crippen LogP contribution in [0.1, 0.15) is 77.5 Å². The Morgan fingerprint density at radius 2 is 1.76 bits per heavy atom. The van der Waals surface area contributed by atoms with E-state index in [4.69, 9.17) is 25.4 Å². The van der Waals surface area contributed by atoms with Crippen LogP contribution < -0.4 is 25.4 Å². The van der Waals surface area contributed by atoms with Gasteiger partial charge in [-0.1, -0.05) is 24.3 Å². The van der Waals surface area contributed by atoms with Gasteiger partial charge in [0.2, 0.25) is 17.7 Å². The molecule has 7 heterocycles. The van der Waals surface area contributed by atoms with Crippen LogP contribution in [0.4, 0.5) is 30.4 Å². The zero-order valence-electron chi connectivity index (χ0n) is 38.9. The Kier molecular flexibility index (Phi) is 13.0. The first-order chi connectivity index (χ1) is 34.6. The fourth-order valence-corrected chi connectivity index (χ4v) is 10.4. The minimum absolute atomic E-state index is 0.0169. The lowest BCUT2D eigenvalue weighted by Gasteiger charge is -2.37. The van der Waals surface area contributed by atoms with E-state index in [-0.39, 0.29) is 66.2 Å². The summed E-state index contributed by atoms with van der Waals surface area (Å²) in [7, 11) is -0.976. The lowest BCUT2D eigenvalue weighted by molar-refractivity contribution is -0.137. The van der Waals surface area contributed by atoms with Crippen molar-refractivity contribution in [3.63, 3.8) is 0 Å². The Bertz CT molecular complexity index is 3180. The van der Waals surface area contributed by atoms with E-state index in [1.165, 1.54) is 18.2 Å². The van der Waals surface area contributed by atoms with Gasteiger partial charge in [-0.05, 0) is 68.1 Å². The Hall–Kier alpha value is -7.66. The van der Waals surface area contributed by atoms with Crippen molar-refractivity contribution in [3.05, 3.63) is 102 Å². The number of piperidine rings is 2. The van der Waals surface area contributed by atoms with Crippen LogP contribution >= 0.6 is 0 Å². The Morgan fingerprint density at radius 1 is 0.986 bits per heavy atom. The van der Waals surface area contributed by atoms with Crippen LogP contribution in [0, 0.1) is 5.82 Å². The summed E-state index contributed by atoms with van der Waals surface area (Å²) in [5.74, 6) is -5.72. The highest BCUT2D eigenvalue weighted by Gasteiger charge is 2.46. The number of morpholine rings is 1. The number of carbonyl (C=O) groups is 5. The zero-order valence-corrected chi connectivity index (χ0v) is 39.7. The van der Waals surface area contributed by atoms with Gasteiger partial charge in [0.1, 0.15) is 35.2 Å². The van der Waals surface area contributed by atoms with Crippen LogP contribution in [-0.2, 0) is 37.2 Å². The molecule has 6 aromatic rings. The Labute approximate surface area is 412 Å². The number of hydrogen-bond donors (Lipinski definition) is 3. The number of pyridine rings is 1. The second-order valence-corrected chi connectivity index (χ2v) is 19.2. The topological polar surface area (TPSA) is 229 Å². The van der Waals surface area contributed by atoms with Gasteiger partial charge in [0.15, 0.2) is 11.0 Å². The molecular weight excluding hydrogens is 960 g/mol. The van der Waals surface area contributed by atoms with E-state index >= 15 is 0 Å². The smallest absolute Gasteiger partial charge is 0.330 e. The molecule has 0 radical (unpaired) electrons. The van der Waals surface area contributed by atoms with Crippen molar-refractivity contribution >= 4 is 68.6 Å². The third-order valence-corrected chi connectivity index (χ3v) is 14.3. The highest BCUT2D eigenvalue weighted by atomic mass is 32.2. The second kappa shape index (κ2) is 19.5. The van der Waals surface area contributed by atoms with Crippen LogP contribution in [0.3, 0.4) is 0 Å². The number of hydrogen-bond acceptors (Lipinski definition) is 13. The molecule has 4 unspecified atom stereocenters. The molecule has 374 valence electrons. The highest BCUT2D eigenvalue weighted by Crippen LogP contribution is 2.41. The van der Waals surface area contributed by atoms with E-state index in [1.54, 1.807) is 73.5 Å². The number of likely N-dealkylation sites (tertiary alicyclic amines) is 1. The zero-order chi connectivity index (χ0) is 50.5. The lowest BCUT2D eigenvalue weighted by atomic mass is 10.0. The summed E-state index contributed by atoms with van der Waals surface area (Å²) in [6, 6.07) is 14.2. The maximum absolute atomic E-state index is 13.8. The molecule has 4 aliphatic rings. The number of imide groups is 2. The number of aryl methyl sites for hydroxylation is 1. The number of nitrogens with one attached hydrogen (secondary N) is 2. The van der Waals surface area contributed by atoms with Gasteiger partial charge < -0.3 is 25.0 Å². The summed E-state index contributed by atoms with van der Waals surface area (Å²) in [4.78, 5) is 74.6. The minimum atomic E-state index is -3.17. The number of benzene rings is 3. The molecule has 0 bridgehead atoms. The van der Waals surface area contributed by atoms with Gasteiger partial charge in [-0.25, -0.2) is 13.6 Å². The van der Waals surface area contributed by atoms with Crippen molar-refractivity contribution in [2.45, 2.75) is 69.1 Å². The first-order valence-corrected chi connectivity index (χ1v) is 24.5. The Balaban J connectivity index is 0.807. The molecule has 10 rings (SSSR count). The van der Waals surface area contributed by atoms with E-state index in [9.17, 15) is 41.4 Å². The van der Waals surface area contributed by atoms with Crippen LogP contribution in [-0.4, -0.2) is 119 Å². The molecular formula is C49H48F3N11O8S. The van der Waals surface area contributed by atoms with Crippen LogP contribution in [0.2, 0.25) is 0 Å². The maximum Gasteiger partial charge on any atom is 0.330 e. The summed E-state index contributed by atoms with van der Waals surface area (Å²) < 4.78 is 70.8. The Morgan fingerprint density at radius 3 is 2.51 bits per heavy atom. The van der Waals surface area contributed by atoms with Crippen molar-refractivity contribution in [1.29, 1.82) is 0 Å². The third kappa shape index (κ3) is 9.12. The van der Waals surface area contributed by atoms with Gasteiger partial charge in [0, 0.05) is 68.7 Å². The molecule has 19 nitrogen and oxygen atoms in total. The quantitative estimate of drug-likeness (QED) is 0.121. The van der Waals surface area contributed by atoms with Gasteiger partial charge in [-0.15, -0.1) is 0 Å². The number of nitrogens with two attached hydrogens (primary N) is 1. The number of ether oxygens (including phenoxy) is 2. The molecule has 0 spiro atoms. The molecule has 4 aliphatic heterocycles. The van der Waals surface area contributed by atoms with Crippen LogP contribution in [0.5, 0.6) is 5.75 Å². The number of rotatable bonds is 13. The largest absolute Gasteiger partial charge is 0.484 e. The van der Waals surface area contributed by atoms with Crippen molar-refractivity contribution in [2.24, 2.45) is 7.05 Å². The number of alkyl halides is 2. The molecule has 3 fully saturated rings. The molecule has 3 aromatic heterocycles. The summed E-state index contributed by atoms with van der Waals surface area (Å²) >= 11 is 0. The number of halogens is 3. The molecule has 4 N–H and O–H groups in total. The first kappa shape index (κ1) is 48.0. The second-order valence-electron chi connectivity index (χ2n) is 18.0. The van der Waals surface area contributed by atoms with Gasteiger partial charge >= 0.3 is 5.76 Å². The average molecular weight is 1010 g/mol. The number of fused-ring (bicyclic) bond motifs is 2. The van der Waals surface area contributed by atoms with Gasteiger partial charge in [0.25, 0.3) is 11.8 Å². The van der Waals surface area contributed by atoms with Gasteiger partial charge in [-0.3, -0.25) is 48.3 Å². The average Bonchev–Trinajstić information content (AvgIpc) is 4.07. The van der Waals surface area contributed by atoms with Crippen LogP contribution in [0.15, 0.2) is 79.3 Å². The summed E-state index contributed by atoms with van der Waals surface area (Å²) in [5, 5.41) is 12.3. The SMILES string of the molecule is CC(Oc1cc(-c2nn(C)c3c(-c4cnn(C5CCN(C(=O)CC6CN(c7cccc8c7C(=O)N(C7CCC(=O)NC7=O)C8=O)CCO6)CC5)c4)cnc(N)c23)ccc1NS(=O)C(F)F)c1ccc(F)cc1. The summed E-state index contributed by atoms with van der Waals surface area (Å²) in [6.45, 7) is 3.67. The van der Waals surface area contributed by atoms with Gasteiger partial charge in [0.05, 0.1) is 64.8 Å². The molecule has 3 saturated heterocycles. The maximum atomic E-state index is 13.8. The van der Waals surface area contributed by atoms with E-state index in [2.05, 4.69) is 15.0 Å². The van der Waals surface area contributed by atoms with Crippen molar-refractivity contribution in [1.82, 2.24) is 39.7 Å². The number of nitrogens with zero attached hydrogens (tertiary/aromatic N) is 8. The van der Waals surface area contributed by atoms with Crippen molar-refractivity contribution in [3.8, 4) is 28.1 Å². The normalized spacial score (nSPS) is 19.5. The molecule has 23 heteroatoms. The standard InChI is InChI=1S/C49H48F3N11O8S/c1-26(27-6-9-30(50)10-7-27)71-38-20-28(8-11-35(38)58-72(69)49(51)52)43-42-44(59(2)57-43)34(23-54-45(42)53)29-22-55-62(24-29)31-14-16-60(17-15-31)40(65)21-32-25-61(18-19-70-32)36-5-3-4-33-41(36)48(68)63(47(33)67)37-12-13-39(64)56-46(37)66/h3-11,20,22-24,26,31-32,37,49,58H,12-19,21,25H2,1-2H3,(H2,53,54)(H,56,64,66). The predicted octanol–water partition coefficient (Wildman–Crippen LogP) is 5.52. The van der Waals surface area contributed by atoms with E-state index in [0.29, 0.717) is 78.0 Å². The summed E-state index contributed by atoms with van der Waals surface area (Å²) in [6.07, 6.45) is 5.57. The van der Waals surface area contributed by atoms with Gasteiger partial charge in [-0.2, -0.15) is 19.0 Å². The van der Waals surface area contributed by atoms with Crippen LogP contribution in [0.25, 0.3) is 33.3 Å². The molecule has 72 heavy (non-hydrogen) atoms. The fourth-order valence-electron chi connectivity index (χ4n) is 9.95. The lowest BCUT2D eigenvalue weighted by Crippen LogP contribution is -2.54. The molecule has 3 aromatic carbocycles. The molecule has 0 saturated carbocycles. The van der Waals surface area contributed by atoms with E-state index in [0.717, 1.165) is 10.5 Å². The number of amides is 5. The third-order valence-electron chi connectivity index (χ3n) is 13.6. The number of carbonyl (C=O) groups excluding carboxylic acids is 5. The van der Waals surface area contributed by atoms with Crippen molar-refractivity contribution in [2.75, 3.05) is 48.1 Å². The highest BCUT2D eigenvalue weighted by molar-refractivity contribution is 7.86. The summed E-state index contributed by atoms with van der Waals surface area (Å²) in [5.41, 5.74) is 11.1. The molecule has 0 aliphatic carbocycles. The van der Waals surface area contributed by atoms with E-state index < -0.39 is 64.4 Å². The predicted molar refractivity (Wildman–Crippen MR) is 257 cm³/mol. The number of aromatic nitrogens is 5. The molecule has 5 amide bonds. The monoisotopic (exact) mass is 1010 g/mol. The fraction of sp³-hybridized carbons (Fsp3) is 0.347. The minimum Gasteiger partial charge on any atom is -0.484 e. The van der Waals surface area contributed by atoms with Crippen molar-refractivity contribution < 1.29 is 50.8 Å². The first-order valence-electron chi connectivity index (χ1n) is 23.3. The number of nitrogen functional groups attached to an aromatic ring is 1. The molecule has 4 atom stereocenters. The van der Waals surface area contributed by atoms with E-state index in [1.807, 2.05) is 20.7 Å².